The summed E-state index contributed by atoms with van der Waals surface area (Å²) < 4.78 is 15.8. The van der Waals surface area contributed by atoms with Gasteiger partial charge in [0.1, 0.15) is 17.5 Å². The number of ketones is 1. The second-order valence-electron chi connectivity index (χ2n) is 11.1. The Morgan fingerprint density at radius 1 is 1.02 bits per heavy atom. The molecule has 3 aromatic carbocycles. The fourth-order valence-corrected chi connectivity index (χ4v) is 5.84. The number of hydrogen-bond acceptors (Lipinski definition) is 7. The van der Waals surface area contributed by atoms with Gasteiger partial charge in [0.15, 0.2) is 17.3 Å². The molecule has 1 atom stereocenters. The molecule has 1 N–H and O–H groups in total. The molecule has 1 aliphatic heterocycles. The Kier molecular flexibility index (Phi) is 8.33. The Bertz CT molecular complexity index is 1960. The molecule has 5 aromatic rings. The van der Waals surface area contributed by atoms with Crippen LogP contribution in [-0.2, 0) is 17.6 Å². The highest BCUT2D eigenvalue weighted by Gasteiger charge is 2.38. The summed E-state index contributed by atoms with van der Waals surface area (Å²) in [5.74, 6) is -1.77. The maximum absolute atomic E-state index is 14.7. The first-order valence-electron chi connectivity index (χ1n) is 14.4. The minimum atomic E-state index is -1.07. The number of aromatic carboxylic acids is 1. The Labute approximate surface area is 268 Å². The third-order valence-electron chi connectivity index (χ3n) is 7.97. The Hall–Kier alpha value is -5.42. The smallest absolute Gasteiger partial charge is 0.335 e. The van der Waals surface area contributed by atoms with Crippen molar-refractivity contribution in [3.63, 3.8) is 0 Å². The SMILES string of the molecule is CN(C)c1ccc(-c2cccc3c2CCN(C(=O)c2cn(-c4cccc(Cl)c4F)nn2)C3C(=O)Cc2ccc(C(=O)O)cc2)cn1. The van der Waals surface area contributed by atoms with Crippen molar-refractivity contribution in [3.05, 3.63) is 124 Å². The number of hydrogen-bond donors (Lipinski definition) is 1. The zero-order valence-corrected chi connectivity index (χ0v) is 25.6. The van der Waals surface area contributed by atoms with Gasteiger partial charge >= 0.3 is 5.97 Å². The number of aromatic nitrogens is 4. The van der Waals surface area contributed by atoms with Gasteiger partial charge < -0.3 is 14.9 Å². The summed E-state index contributed by atoms with van der Waals surface area (Å²) in [6, 6.07) is 19.1. The molecule has 0 bridgehead atoms. The van der Waals surface area contributed by atoms with Gasteiger partial charge in [-0.1, -0.05) is 53.2 Å². The number of carbonyl (C=O) groups excluding carboxylic acids is 2. The average Bonchev–Trinajstić information content (AvgIpc) is 3.55. The van der Waals surface area contributed by atoms with Crippen LogP contribution in [0.25, 0.3) is 16.8 Å². The number of rotatable bonds is 8. The molecule has 0 spiro atoms. The summed E-state index contributed by atoms with van der Waals surface area (Å²) in [7, 11) is 3.82. The van der Waals surface area contributed by atoms with Crippen LogP contribution in [0.3, 0.4) is 0 Å². The number of anilines is 1. The van der Waals surface area contributed by atoms with E-state index in [1.165, 1.54) is 35.4 Å². The maximum atomic E-state index is 14.7. The molecule has 0 saturated carbocycles. The molecule has 3 heterocycles. The number of amides is 1. The predicted octanol–water partition coefficient (Wildman–Crippen LogP) is 5.44. The van der Waals surface area contributed by atoms with Crippen molar-refractivity contribution in [3.8, 4) is 16.8 Å². The van der Waals surface area contributed by atoms with Crippen LogP contribution in [0.15, 0.2) is 85.2 Å². The van der Waals surface area contributed by atoms with Crippen molar-refractivity contribution in [2.75, 3.05) is 25.5 Å². The lowest BCUT2D eigenvalue weighted by Crippen LogP contribution is -2.44. The van der Waals surface area contributed by atoms with Gasteiger partial charge in [-0.05, 0) is 65.1 Å². The summed E-state index contributed by atoms with van der Waals surface area (Å²) in [6.45, 7) is 0.207. The second-order valence-corrected chi connectivity index (χ2v) is 11.5. The van der Waals surface area contributed by atoms with E-state index in [4.69, 9.17) is 11.6 Å². The van der Waals surface area contributed by atoms with Gasteiger partial charge in [-0.25, -0.2) is 18.9 Å². The van der Waals surface area contributed by atoms with Gasteiger partial charge in [-0.2, -0.15) is 0 Å². The molecule has 0 saturated heterocycles. The number of benzene rings is 3. The van der Waals surface area contributed by atoms with Gasteiger partial charge in [-0.15, -0.1) is 5.10 Å². The molecule has 6 rings (SSSR count). The monoisotopic (exact) mass is 638 g/mol. The van der Waals surface area contributed by atoms with Crippen LogP contribution < -0.4 is 4.90 Å². The van der Waals surface area contributed by atoms with Gasteiger partial charge in [0.05, 0.1) is 16.8 Å². The van der Waals surface area contributed by atoms with Crippen LogP contribution in [0.5, 0.6) is 0 Å². The molecule has 2 aromatic heterocycles. The summed E-state index contributed by atoms with van der Waals surface area (Å²) in [5.41, 5.74) is 4.07. The predicted molar refractivity (Wildman–Crippen MR) is 170 cm³/mol. The number of pyridine rings is 1. The van der Waals surface area contributed by atoms with E-state index < -0.39 is 23.7 Å². The van der Waals surface area contributed by atoms with Gasteiger partial charge in [0, 0.05) is 38.8 Å². The van der Waals surface area contributed by atoms with E-state index in [-0.39, 0.29) is 40.7 Å². The molecular formula is C34H28ClFN6O4. The molecule has 1 unspecified atom stereocenters. The summed E-state index contributed by atoms with van der Waals surface area (Å²) in [5, 5.41) is 17.2. The first kappa shape index (κ1) is 30.6. The third-order valence-corrected chi connectivity index (χ3v) is 8.27. The Morgan fingerprint density at radius 3 is 2.48 bits per heavy atom. The topological polar surface area (TPSA) is 122 Å². The zero-order valence-electron chi connectivity index (χ0n) is 24.9. The molecule has 46 heavy (non-hydrogen) atoms. The minimum Gasteiger partial charge on any atom is -0.478 e. The number of carboxylic acids is 1. The van der Waals surface area contributed by atoms with Crippen molar-refractivity contribution in [2.24, 2.45) is 0 Å². The van der Waals surface area contributed by atoms with Gasteiger partial charge in [-0.3, -0.25) is 9.59 Å². The van der Waals surface area contributed by atoms with Crippen LogP contribution >= 0.6 is 11.6 Å². The lowest BCUT2D eigenvalue weighted by atomic mass is 9.84. The van der Waals surface area contributed by atoms with E-state index in [2.05, 4.69) is 15.3 Å². The minimum absolute atomic E-state index is 0.0269. The lowest BCUT2D eigenvalue weighted by Gasteiger charge is -2.37. The lowest BCUT2D eigenvalue weighted by molar-refractivity contribution is -0.123. The first-order chi connectivity index (χ1) is 22.1. The van der Waals surface area contributed by atoms with E-state index in [1.807, 2.05) is 49.3 Å². The van der Waals surface area contributed by atoms with Crippen LogP contribution in [0, 0.1) is 5.82 Å². The highest BCUT2D eigenvalue weighted by atomic mass is 35.5. The average molecular weight is 639 g/mol. The van der Waals surface area contributed by atoms with Crippen molar-refractivity contribution in [1.29, 1.82) is 0 Å². The van der Waals surface area contributed by atoms with Crippen LogP contribution in [0.1, 0.15) is 43.6 Å². The molecule has 1 amide bonds. The van der Waals surface area contributed by atoms with Crippen molar-refractivity contribution >= 4 is 35.1 Å². The van der Waals surface area contributed by atoms with Crippen molar-refractivity contribution in [2.45, 2.75) is 18.9 Å². The Balaban J connectivity index is 1.38. The number of carbonyl (C=O) groups is 3. The summed E-state index contributed by atoms with van der Waals surface area (Å²) in [6.07, 6.45) is 3.52. The van der Waals surface area contributed by atoms with E-state index >= 15 is 0 Å². The number of halogens is 2. The molecule has 0 aliphatic carbocycles. The van der Waals surface area contributed by atoms with Crippen LogP contribution in [0.2, 0.25) is 5.02 Å². The fraction of sp³-hybridized carbons (Fsp3) is 0.176. The van der Waals surface area contributed by atoms with E-state index in [0.717, 1.165) is 27.2 Å². The molecule has 1 aliphatic rings. The molecule has 0 fully saturated rings. The standard InChI is InChI=1S/C34H28ClFN6O4/c1-40(2)30-14-13-22(18-37-30)23-5-3-6-25-24(23)15-16-41(32(25)29(43)17-20-9-11-21(12-10-20)34(45)46)33(44)27-19-42(39-38-27)28-8-4-7-26(35)31(28)36/h3-14,18-19,32H,15-17H2,1-2H3,(H,45,46). The molecular weight excluding hydrogens is 611 g/mol. The third kappa shape index (κ3) is 5.84. The highest BCUT2D eigenvalue weighted by Crippen LogP contribution is 2.38. The summed E-state index contributed by atoms with van der Waals surface area (Å²) >= 11 is 5.94. The largest absolute Gasteiger partial charge is 0.478 e. The fourth-order valence-electron chi connectivity index (χ4n) is 5.67. The molecule has 232 valence electrons. The zero-order chi connectivity index (χ0) is 32.5. The number of nitrogens with zero attached hydrogens (tertiary/aromatic N) is 6. The van der Waals surface area contributed by atoms with Gasteiger partial charge in [0.25, 0.3) is 5.91 Å². The van der Waals surface area contributed by atoms with Crippen LogP contribution in [-0.4, -0.2) is 68.3 Å². The number of carboxylic acid groups (broad SMARTS) is 1. The van der Waals surface area contributed by atoms with Gasteiger partial charge in [0.2, 0.25) is 0 Å². The number of fused-ring (bicyclic) bond motifs is 1. The van der Waals surface area contributed by atoms with Crippen LogP contribution in [0.4, 0.5) is 10.2 Å². The second kappa shape index (κ2) is 12.5. The molecule has 0 radical (unpaired) electrons. The first-order valence-corrected chi connectivity index (χ1v) is 14.8. The highest BCUT2D eigenvalue weighted by molar-refractivity contribution is 6.30. The van der Waals surface area contributed by atoms with Crippen molar-refractivity contribution in [1.82, 2.24) is 24.9 Å². The van der Waals surface area contributed by atoms with Crippen molar-refractivity contribution < 1.29 is 23.9 Å². The van der Waals surface area contributed by atoms with E-state index in [9.17, 15) is 23.9 Å². The molecule has 12 heteroatoms. The Morgan fingerprint density at radius 2 is 1.78 bits per heavy atom. The van der Waals surface area contributed by atoms with E-state index in [1.54, 1.807) is 24.4 Å². The quantitative estimate of drug-likeness (QED) is 0.239. The van der Waals surface area contributed by atoms with E-state index in [0.29, 0.717) is 17.5 Å². The number of Topliss-reactive ketones (excluding diaryl/α,β-unsaturated/α-hetero) is 1. The normalized spacial score (nSPS) is 14.1. The maximum Gasteiger partial charge on any atom is 0.335 e. The molecule has 10 nitrogen and oxygen atoms in total. The summed E-state index contributed by atoms with van der Waals surface area (Å²) in [4.78, 5) is 47.4.